The minimum absolute atomic E-state index is 0.0692. The molecule has 0 bridgehead atoms. The van der Waals surface area contributed by atoms with E-state index in [4.69, 9.17) is 23.7 Å². The molecule has 0 unspecified atom stereocenters. The van der Waals surface area contributed by atoms with E-state index in [1.165, 1.54) is 14.2 Å². The number of benzene rings is 2. The molecule has 0 saturated heterocycles. The second-order valence-electron chi connectivity index (χ2n) is 9.37. The molecule has 0 saturated carbocycles. The summed E-state index contributed by atoms with van der Waals surface area (Å²) in [6.07, 6.45) is 0.828. The number of dihydropyridines is 1. The summed E-state index contributed by atoms with van der Waals surface area (Å²) in [5.74, 6) is -0.592. The lowest BCUT2D eigenvalue weighted by Gasteiger charge is -2.36. The quantitative estimate of drug-likeness (QED) is 0.376. The molecule has 4 rings (SSSR count). The molecule has 1 aliphatic heterocycles. The highest BCUT2D eigenvalue weighted by atomic mass is 16.6. The Balaban J connectivity index is 1.74. The number of ether oxygens (including phenoxy) is 5. The Kier molecular flexibility index (Phi) is 8.71. The smallest absolute Gasteiger partial charge is 0.337 e. The van der Waals surface area contributed by atoms with Crippen LogP contribution in [0.1, 0.15) is 53.1 Å². The first kappa shape index (κ1) is 27.9. The third-order valence-electron chi connectivity index (χ3n) is 7.11. The lowest BCUT2D eigenvalue weighted by molar-refractivity contribution is -0.140. The van der Waals surface area contributed by atoms with Crippen molar-refractivity contribution >= 4 is 17.7 Å². The molecule has 2 aromatic carbocycles. The fraction of sp³-hybridized carbons (Fsp3) is 0.367. The third kappa shape index (κ3) is 5.68. The van der Waals surface area contributed by atoms with E-state index < -0.39 is 17.9 Å². The molecule has 0 radical (unpaired) electrons. The summed E-state index contributed by atoms with van der Waals surface area (Å²) in [5.41, 5.74) is 4.29. The molecule has 1 N–H and O–H groups in total. The highest BCUT2D eigenvalue weighted by Gasteiger charge is 2.41. The van der Waals surface area contributed by atoms with E-state index in [0.29, 0.717) is 45.9 Å². The van der Waals surface area contributed by atoms with Crippen LogP contribution in [-0.4, -0.2) is 59.4 Å². The van der Waals surface area contributed by atoms with Crippen LogP contribution in [0.3, 0.4) is 0 Å². The van der Waals surface area contributed by atoms with Gasteiger partial charge in [0.25, 0.3) is 0 Å². The number of hydrogen-bond acceptors (Lipinski definition) is 9. The summed E-state index contributed by atoms with van der Waals surface area (Å²) in [4.78, 5) is 39.1. The average molecular weight is 536 g/mol. The largest absolute Gasteiger partial charge is 0.493 e. The third-order valence-corrected chi connectivity index (χ3v) is 7.11. The van der Waals surface area contributed by atoms with Crippen LogP contribution in [0.25, 0.3) is 0 Å². The van der Waals surface area contributed by atoms with Gasteiger partial charge in [-0.25, -0.2) is 9.59 Å². The summed E-state index contributed by atoms with van der Waals surface area (Å²) in [6.45, 7) is 2.14. The molecule has 9 nitrogen and oxygen atoms in total. The predicted octanol–water partition coefficient (Wildman–Crippen LogP) is 4.04. The van der Waals surface area contributed by atoms with Crippen molar-refractivity contribution in [2.24, 2.45) is 0 Å². The Bertz CT molecular complexity index is 1320. The Morgan fingerprint density at radius 3 is 2.21 bits per heavy atom. The lowest BCUT2D eigenvalue weighted by atomic mass is 9.71. The fourth-order valence-corrected chi connectivity index (χ4v) is 5.21. The molecule has 39 heavy (non-hydrogen) atoms. The van der Waals surface area contributed by atoms with E-state index in [0.717, 1.165) is 11.3 Å². The number of hydrogen-bond donors (Lipinski definition) is 1. The van der Waals surface area contributed by atoms with Gasteiger partial charge < -0.3 is 29.0 Å². The Morgan fingerprint density at radius 2 is 1.56 bits per heavy atom. The molecule has 2 aliphatic rings. The lowest BCUT2D eigenvalue weighted by Crippen LogP contribution is -2.36. The van der Waals surface area contributed by atoms with Gasteiger partial charge in [-0.15, -0.1) is 0 Å². The number of carbonyl (C=O) groups is 3. The van der Waals surface area contributed by atoms with E-state index in [-0.39, 0.29) is 31.3 Å². The van der Waals surface area contributed by atoms with Crippen molar-refractivity contribution in [3.05, 3.63) is 81.7 Å². The normalized spacial score (nSPS) is 18.7. The van der Waals surface area contributed by atoms with Crippen LogP contribution < -0.4 is 14.8 Å². The summed E-state index contributed by atoms with van der Waals surface area (Å²) in [7, 11) is 6.00. The number of nitrogens with one attached hydrogen (secondary N) is 1. The van der Waals surface area contributed by atoms with Crippen molar-refractivity contribution in [3.63, 3.8) is 0 Å². The molecule has 0 amide bonds. The van der Waals surface area contributed by atoms with Crippen LogP contribution in [0.4, 0.5) is 0 Å². The Labute approximate surface area is 227 Å². The molecule has 206 valence electrons. The summed E-state index contributed by atoms with van der Waals surface area (Å²) >= 11 is 0. The molecule has 1 aliphatic carbocycles. The summed E-state index contributed by atoms with van der Waals surface area (Å²) in [5, 5.41) is 3.34. The number of Topliss-reactive ketones (excluding diaryl/α,β-unsaturated/α-hetero) is 1. The molecule has 0 aromatic heterocycles. The topological polar surface area (TPSA) is 109 Å². The van der Waals surface area contributed by atoms with Crippen LogP contribution in [-0.2, 0) is 23.8 Å². The van der Waals surface area contributed by atoms with Crippen molar-refractivity contribution in [1.82, 2.24) is 5.32 Å². The predicted molar refractivity (Wildman–Crippen MR) is 143 cm³/mol. The van der Waals surface area contributed by atoms with Gasteiger partial charge in [-0.05, 0) is 54.7 Å². The highest BCUT2D eigenvalue weighted by molar-refractivity contribution is 6.04. The van der Waals surface area contributed by atoms with Gasteiger partial charge in [0, 0.05) is 36.4 Å². The molecule has 2 atom stereocenters. The van der Waals surface area contributed by atoms with E-state index in [2.05, 4.69) is 5.32 Å². The minimum Gasteiger partial charge on any atom is -0.493 e. The molecule has 1 heterocycles. The van der Waals surface area contributed by atoms with Crippen LogP contribution in [0.5, 0.6) is 11.5 Å². The Hall–Kier alpha value is -4.11. The molecule has 0 spiro atoms. The number of esters is 2. The van der Waals surface area contributed by atoms with Gasteiger partial charge in [0.2, 0.25) is 0 Å². The molecule has 0 fully saturated rings. The van der Waals surface area contributed by atoms with Crippen LogP contribution in [0, 0.1) is 0 Å². The monoisotopic (exact) mass is 535 g/mol. The zero-order valence-electron chi connectivity index (χ0n) is 22.8. The summed E-state index contributed by atoms with van der Waals surface area (Å²) in [6, 6.07) is 12.4. The van der Waals surface area contributed by atoms with Gasteiger partial charge in [0.1, 0.15) is 6.61 Å². The SMILES string of the molecule is COCCOC(=O)C1=C(C)NC2=C(C(=O)C[C@H](c3ccc(OC)c(OC)c3)C2)[C@H]1c1ccc(C(=O)OC)cc1. The Morgan fingerprint density at radius 1 is 0.872 bits per heavy atom. The van der Waals surface area contributed by atoms with Crippen LogP contribution in [0.15, 0.2) is 65.0 Å². The van der Waals surface area contributed by atoms with Gasteiger partial charge in [0.05, 0.1) is 39.1 Å². The highest BCUT2D eigenvalue weighted by Crippen LogP contribution is 2.46. The maximum Gasteiger partial charge on any atom is 0.337 e. The number of rotatable bonds is 9. The fourth-order valence-electron chi connectivity index (χ4n) is 5.21. The van der Waals surface area contributed by atoms with Gasteiger partial charge in [0.15, 0.2) is 17.3 Å². The van der Waals surface area contributed by atoms with Gasteiger partial charge >= 0.3 is 11.9 Å². The van der Waals surface area contributed by atoms with E-state index in [9.17, 15) is 14.4 Å². The number of methoxy groups -OCH3 is 4. The van der Waals surface area contributed by atoms with Crippen molar-refractivity contribution in [2.45, 2.75) is 31.6 Å². The second-order valence-corrected chi connectivity index (χ2v) is 9.37. The minimum atomic E-state index is -0.651. The van der Waals surface area contributed by atoms with Gasteiger partial charge in [-0.3, -0.25) is 4.79 Å². The van der Waals surface area contributed by atoms with E-state index in [1.807, 2.05) is 18.2 Å². The van der Waals surface area contributed by atoms with Gasteiger partial charge in [-0.1, -0.05) is 18.2 Å². The van der Waals surface area contributed by atoms with Crippen molar-refractivity contribution in [2.75, 3.05) is 41.7 Å². The first-order chi connectivity index (χ1) is 18.8. The first-order valence-corrected chi connectivity index (χ1v) is 12.6. The molecule has 9 heteroatoms. The standard InChI is InChI=1S/C30H33NO8/c1-17-26(30(34)39-13-12-35-2)27(18-6-8-19(9-7-18)29(33)38-5)28-22(31-17)14-21(15-23(28)32)20-10-11-24(36-3)25(16-20)37-4/h6-11,16,21,27,31H,12-15H2,1-5H3/t21-,27+/m1/s1. The van der Waals surface area contributed by atoms with Crippen molar-refractivity contribution < 1.29 is 38.1 Å². The van der Waals surface area contributed by atoms with Crippen LogP contribution in [0.2, 0.25) is 0 Å². The number of ketones is 1. The molecular weight excluding hydrogens is 502 g/mol. The molecule has 2 aromatic rings. The first-order valence-electron chi connectivity index (χ1n) is 12.6. The van der Waals surface area contributed by atoms with Crippen LogP contribution >= 0.6 is 0 Å². The number of allylic oxidation sites excluding steroid dienone is 3. The maximum atomic E-state index is 13.8. The zero-order chi connectivity index (χ0) is 28.1. The number of carbonyl (C=O) groups excluding carboxylic acids is 3. The second kappa shape index (κ2) is 12.2. The van der Waals surface area contributed by atoms with E-state index in [1.54, 1.807) is 45.4 Å². The van der Waals surface area contributed by atoms with Crippen molar-refractivity contribution in [3.8, 4) is 11.5 Å². The zero-order valence-corrected chi connectivity index (χ0v) is 22.8. The van der Waals surface area contributed by atoms with Crippen molar-refractivity contribution in [1.29, 1.82) is 0 Å². The molecular formula is C30H33NO8. The summed E-state index contributed by atoms with van der Waals surface area (Å²) < 4.78 is 26.1. The van der Waals surface area contributed by atoms with Gasteiger partial charge in [-0.2, -0.15) is 0 Å². The average Bonchev–Trinajstić information content (AvgIpc) is 2.95. The maximum absolute atomic E-state index is 13.8. The van der Waals surface area contributed by atoms with E-state index >= 15 is 0 Å².